The van der Waals surface area contributed by atoms with E-state index in [0.717, 1.165) is 35.2 Å². The summed E-state index contributed by atoms with van der Waals surface area (Å²) < 4.78 is 31.2. The van der Waals surface area contributed by atoms with E-state index in [1.54, 1.807) is 35.9 Å². The van der Waals surface area contributed by atoms with Crippen molar-refractivity contribution in [2.45, 2.75) is 44.4 Å². The lowest BCUT2D eigenvalue weighted by atomic mass is 9.97. The fourth-order valence-electron chi connectivity index (χ4n) is 4.39. The average molecular weight is 552 g/mol. The molecule has 0 amide bonds. The average Bonchev–Trinajstić information content (AvgIpc) is 3.25. The monoisotopic (exact) mass is 551 g/mol. The number of primary sulfonamides is 1. The van der Waals surface area contributed by atoms with Crippen molar-refractivity contribution in [1.29, 1.82) is 0 Å². The topological polar surface area (TPSA) is 104 Å². The Morgan fingerprint density at radius 1 is 1.00 bits per heavy atom. The Kier molecular flexibility index (Phi) is 8.66. The van der Waals surface area contributed by atoms with Crippen molar-refractivity contribution >= 4 is 27.6 Å². The first-order valence-electron chi connectivity index (χ1n) is 12.5. The minimum absolute atomic E-state index is 0.0696. The summed E-state index contributed by atoms with van der Waals surface area (Å²) in [7, 11) is -3.88. The number of nitrogens with two attached hydrogens (primary N) is 1. The molecule has 0 aliphatic heterocycles. The standard InChI is InChI=1S/C29H30ClN3O4S/c1-3-5-12-25-23(28(29(34)37-4-2)33(32-25)26-13-8-7-11-24(26)30)19-20-15-17-21(18-16-20)22-10-6-9-14-27(22)38(31,35)36/h6-11,13-18H,3-5,12,19H2,1-2H3,(H2,31,35,36). The van der Waals surface area contributed by atoms with Crippen molar-refractivity contribution in [2.75, 3.05) is 6.61 Å². The normalized spacial score (nSPS) is 11.5. The van der Waals surface area contributed by atoms with Crippen LogP contribution in [0.2, 0.25) is 5.02 Å². The Bertz CT molecular complexity index is 1550. The third kappa shape index (κ3) is 5.99. The number of hydrogen-bond donors (Lipinski definition) is 1. The van der Waals surface area contributed by atoms with Crippen LogP contribution >= 0.6 is 11.6 Å². The number of nitrogens with zero attached hydrogens (tertiary/aromatic N) is 2. The number of esters is 1. The van der Waals surface area contributed by atoms with Gasteiger partial charge in [0, 0.05) is 17.5 Å². The number of aromatic nitrogens is 2. The van der Waals surface area contributed by atoms with Gasteiger partial charge in [0.2, 0.25) is 10.0 Å². The molecular weight excluding hydrogens is 522 g/mol. The van der Waals surface area contributed by atoms with Gasteiger partial charge < -0.3 is 4.74 Å². The van der Waals surface area contributed by atoms with Crippen LogP contribution in [-0.2, 0) is 27.6 Å². The molecule has 2 N–H and O–H groups in total. The van der Waals surface area contributed by atoms with Crippen LogP contribution in [0.3, 0.4) is 0 Å². The molecule has 0 unspecified atom stereocenters. The minimum Gasteiger partial charge on any atom is -0.461 e. The maximum Gasteiger partial charge on any atom is 0.357 e. The third-order valence-corrected chi connectivity index (χ3v) is 7.51. The van der Waals surface area contributed by atoms with Gasteiger partial charge in [0.05, 0.1) is 27.9 Å². The first kappa shape index (κ1) is 27.6. The van der Waals surface area contributed by atoms with Crippen molar-refractivity contribution < 1.29 is 17.9 Å². The summed E-state index contributed by atoms with van der Waals surface area (Å²) >= 11 is 6.49. The number of halogens is 1. The number of para-hydroxylation sites is 1. The van der Waals surface area contributed by atoms with Gasteiger partial charge in [-0.3, -0.25) is 0 Å². The highest BCUT2D eigenvalue weighted by Crippen LogP contribution is 2.30. The lowest BCUT2D eigenvalue weighted by Crippen LogP contribution is -2.14. The third-order valence-electron chi connectivity index (χ3n) is 6.22. The summed E-state index contributed by atoms with van der Waals surface area (Å²) in [5.74, 6) is -0.462. The van der Waals surface area contributed by atoms with Gasteiger partial charge in [-0.05, 0) is 49.1 Å². The van der Waals surface area contributed by atoms with Crippen molar-refractivity contribution in [3.05, 3.63) is 100 Å². The van der Waals surface area contributed by atoms with Crippen LogP contribution in [-0.4, -0.2) is 30.8 Å². The van der Waals surface area contributed by atoms with Crippen molar-refractivity contribution in [1.82, 2.24) is 9.78 Å². The molecule has 4 rings (SSSR count). The number of benzene rings is 3. The molecule has 4 aromatic rings. The summed E-state index contributed by atoms with van der Waals surface area (Å²) in [6.07, 6.45) is 3.04. The van der Waals surface area contributed by atoms with Crippen LogP contribution in [0.4, 0.5) is 0 Å². The number of hydrogen-bond acceptors (Lipinski definition) is 5. The molecule has 198 valence electrons. The predicted molar refractivity (Wildman–Crippen MR) is 149 cm³/mol. The molecule has 7 nitrogen and oxygen atoms in total. The molecule has 0 radical (unpaired) electrons. The van der Waals surface area contributed by atoms with Gasteiger partial charge in [-0.2, -0.15) is 5.10 Å². The SMILES string of the molecule is CCCCc1nn(-c2ccccc2Cl)c(C(=O)OCC)c1Cc1ccc(-c2ccccc2S(N)(=O)=O)cc1. The molecule has 0 saturated carbocycles. The van der Waals surface area contributed by atoms with Gasteiger partial charge >= 0.3 is 5.97 Å². The molecule has 1 aromatic heterocycles. The quantitative estimate of drug-likeness (QED) is 0.245. The number of carbonyl (C=O) groups excluding carboxylic acids is 1. The Labute approximate surface area is 228 Å². The highest BCUT2D eigenvalue weighted by Gasteiger charge is 2.26. The second-order valence-electron chi connectivity index (χ2n) is 8.88. The molecule has 0 fully saturated rings. The van der Waals surface area contributed by atoms with Crippen LogP contribution in [0.1, 0.15) is 54.0 Å². The van der Waals surface area contributed by atoms with Crippen LogP contribution in [0, 0.1) is 0 Å². The number of unbranched alkanes of at least 4 members (excludes halogenated alkanes) is 1. The molecule has 0 saturated heterocycles. The molecule has 3 aromatic carbocycles. The zero-order valence-electron chi connectivity index (χ0n) is 21.4. The number of rotatable bonds is 10. The van der Waals surface area contributed by atoms with Crippen molar-refractivity contribution in [3.63, 3.8) is 0 Å². The lowest BCUT2D eigenvalue weighted by Gasteiger charge is -2.11. The summed E-state index contributed by atoms with van der Waals surface area (Å²) in [6.45, 7) is 4.10. The smallest absolute Gasteiger partial charge is 0.357 e. The highest BCUT2D eigenvalue weighted by atomic mass is 35.5. The van der Waals surface area contributed by atoms with E-state index in [0.29, 0.717) is 34.8 Å². The van der Waals surface area contributed by atoms with E-state index in [2.05, 4.69) is 6.92 Å². The van der Waals surface area contributed by atoms with Gasteiger partial charge in [0.25, 0.3) is 0 Å². The summed E-state index contributed by atoms with van der Waals surface area (Å²) in [5, 5.41) is 10.7. The Balaban J connectivity index is 1.79. The highest BCUT2D eigenvalue weighted by molar-refractivity contribution is 7.89. The van der Waals surface area contributed by atoms with E-state index in [-0.39, 0.29) is 11.5 Å². The fraction of sp³-hybridized carbons (Fsp3) is 0.241. The number of ether oxygens (including phenoxy) is 1. The second-order valence-corrected chi connectivity index (χ2v) is 10.8. The van der Waals surface area contributed by atoms with Crippen molar-refractivity contribution in [3.8, 4) is 16.8 Å². The van der Waals surface area contributed by atoms with E-state index in [9.17, 15) is 13.2 Å². The second kappa shape index (κ2) is 11.9. The number of carbonyl (C=O) groups is 1. The summed E-state index contributed by atoms with van der Waals surface area (Å²) in [4.78, 5) is 13.3. The van der Waals surface area contributed by atoms with Crippen LogP contribution in [0.5, 0.6) is 0 Å². The zero-order valence-corrected chi connectivity index (χ0v) is 22.9. The fourth-order valence-corrected chi connectivity index (χ4v) is 5.37. The molecule has 0 bridgehead atoms. The van der Waals surface area contributed by atoms with Gasteiger partial charge in [0.15, 0.2) is 5.69 Å². The van der Waals surface area contributed by atoms with Gasteiger partial charge in [0.1, 0.15) is 0 Å². The summed E-state index contributed by atoms with van der Waals surface area (Å²) in [5.41, 5.74) is 4.76. The zero-order chi connectivity index (χ0) is 27.3. The molecule has 0 aliphatic rings. The number of sulfonamides is 1. The first-order chi connectivity index (χ1) is 18.2. The van der Waals surface area contributed by atoms with E-state index >= 15 is 0 Å². The van der Waals surface area contributed by atoms with E-state index in [1.165, 1.54) is 6.07 Å². The van der Waals surface area contributed by atoms with E-state index < -0.39 is 16.0 Å². The van der Waals surface area contributed by atoms with Gasteiger partial charge in [-0.25, -0.2) is 23.0 Å². The first-order valence-corrected chi connectivity index (χ1v) is 14.4. The van der Waals surface area contributed by atoms with E-state index in [4.69, 9.17) is 26.6 Å². The lowest BCUT2D eigenvalue weighted by molar-refractivity contribution is 0.0514. The molecule has 0 aliphatic carbocycles. The van der Waals surface area contributed by atoms with Crippen LogP contribution in [0.25, 0.3) is 16.8 Å². The Morgan fingerprint density at radius 2 is 1.68 bits per heavy atom. The van der Waals surface area contributed by atoms with Gasteiger partial charge in [-0.15, -0.1) is 0 Å². The van der Waals surface area contributed by atoms with Crippen LogP contribution < -0.4 is 5.14 Å². The molecule has 0 spiro atoms. The number of aryl methyl sites for hydroxylation is 1. The maximum atomic E-state index is 13.2. The molecular formula is C29H30ClN3O4S. The Hall–Kier alpha value is -3.46. The van der Waals surface area contributed by atoms with E-state index in [1.807, 2.05) is 42.5 Å². The van der Waals surface area contributed by atoms with Crippen LogP contribution in [0.15, 0.2) is 77.7 Å². The Morgan fingerprint density at radius 3 is 2.34 bits per heavy atom. The molecule has 0 atom stereocenters. The largest absolute Gasteiger partial charge is 0.461 e. The maximum absolute atomic E-state index is 13.2. The minimum atomic E-state index is -3.88. The molecule has 1 heterocycles. The van der Waals surface area contributed by atoms with Crippen molar-refractivity contribution in [2.24, 2.45) is 5.14 Å². The molecule has 9 heteroatoms. The van der Waals surface area contributed by atoms with Gasteiger partial charge in [-0.1, -0.05) is 79.5 Å². The summed E-state index contributed by atoms with van der Waals surface area (Å²) in [6, 6.07) is 21.4. The molecule has 38 heavy (non-hydrogen) atoms. The predicted octanol–water partition coefficient (Wildman–Crippen LogP) is 5.95.